The predicted molar refractivity (Wildman–Crippen MR) is 78.4 cm³/mol. The molecule has 2 N–H and O–H groups in total. The molecule has 0 radical (unpaired) electrons. The van der Waals surface area contributed by atoms with Crippen LogP contribution in [-0.4, -0.2) is 29.8 Å². The zero-order valence-corrected chi connectivity index (χ0v) is 12.2. The minimum Gasteiger partial charge on any atom is -0.369 e. The van der Waals surface area contributed by atoms with Crippen molar-refractivity contribution in [2.24, 2.45) is 11.1 Å². The molecule has 0 aliphatic carbocycles. The molecule has 0 saturated heterocycles. The molecule has 4 nitrogen and oxygen atoms in total. The van der Waals surface area contributed by atoms with Crippen molar-refractivity contribution in [2.45, 2.75) is 39.5 Å². The minimum absolute atomic E-state index is 0.205. The van der Waals surface area contributed by atoms with Crippen LogP contribution in [-0.2, 0) is 9.59 Å². The van der Waals surface area contributed by atoms with E-state index in [1.54, 1.807) is 17.1 Å². The highest BCUT2D eigenvalue weighted by Gasteiger charge is 2.44. The molecule has 0 spiro atoms. The zero-order valence-electron chi connectivity index (χ0n) is 12.2. The third-order valence-corrected chi connectivity index (χ3v) is 3.14. The summed E-state index contributed by atoms with van der Waals surface area (Å²) in [6, 6.07) is 0. The van der Waals surface area contributed by atoms with Crippen LogP contribution in [0, 0.1) is 5.41 Å². The lowest BCUT2D eigenvalue weighted by Gasteiger charge is -2.33. The first kappa shape index (κ1) is 17.4. The quantitative estimate of drug-likeness (QED) is 0.487. The van der Waals surface area contributed by atoms with Crippen LogP contribution in [0.2, 0.25) is 0 Å². The third-order valence-electron chi connectivity index (χ3n) is 3.14. The van der Waals surface area contributed by atoms with E-state index < -0.39 is 11.3 Å². The average molecular weight is 266 g/mol. The Morgan fingerprint density at radius 2 is 1.53 bits per heavy atom. The number of carbonyl (C=O) groups is 2. The Hall–Kier alpha value is -1.58. The lowest BCUT2D eigenvalue weighted by molar-refractivity contribution is -0.149. The van der Waals surface area contributed by atoms with Gasteiger partial charge in [0.1, 0.15) is 5.41 Å². The molecule has 0 aliphatic rings. The van der Waals surface area contributed by atoms with Gasteiger partial charge in [0.25, 0.3) is 0 Å². The summed E-state index contributed by atoms with van der Waals surface area (Å²) in [4.78, 5) is 26.3. The van der Waals surface area contributed by atoms with E-state index in [1.165, 1.54) is 0 Å². The summed E-state index contributed by atoms with van der Waals surface area (Å²) >= 11 is 0. The smallest absolute Gasteiger partial charge is 0.238 e. The number of hydrogen-bond acceptors (Lipinski definition) is 2. The fourth-order valence-electron chi connectivity index (χ4n) is 2.21. The molecule has 0 fully saturated rings. The molecule has 0 rings (SSSR count). The molecule has 0 saturated carbocycles. The maximum Gasteiger partial charge on any atom is 0.238 e. The van der Waals surface area contributed by atoms with E-state index in [0.29, 0.717) is 13.1 Å². The Labute approximate surface area is 116 Å². The largest absolute Gasteiger partial charge is 0.369 e. The third kappa shape index (κ3) is 4.23. The van der Waals surface area contributed by atoms with E-state index in [4.69, 9.17) is 5.73 Å². The van der Waals surface area contributed by atoms with Crippen LogP contribution in [0.25, 0.3) is 0 Å². The molecule has 2 amide bonds. The lowest BCUT2D eigenvalue weighted by atomic mass is 9.78. The van der Waals surface area contributed by atoms with Crippen LogP contribution in [0.5, 0.6) is 0 Å². The van der Waals surface area contributed by atoms with Gasteiger partial charge in [-0.25, -0.2) is 0 Å². The molecule has 0 atom stereocenters. The molecule has 0 heterocycles. The van der Waals surface area contributed by atoms with Crippen molar-refractivity contribution in [3.63, 3.8) is 0 Å². The van der Waals surface area contributed by atoms with Crippen molar-refractivity contribution in [1.82, 2.24) is 4.90 Å². The molecule has 0 aliphatic heterocycles. The minimum atomic E-state index is -1.23. The first-order valence-corrected chi connectivity index (χ1v) is 6.81. The molecule has 0 unspecified atom stereocenters. The highest BCUT2D eigenvalue weighted by molar-refractivity contribution is 6.04. The summed E-state index contributed by atoms with van der Waals surface area (Å²) < 4.78 is 0. The number of primary amides is 1. The number of carbonyl (C=O) groups excluding carboxylic acids is 2. The molecule has 0 aromatic heterocycles. The Balaban J connectivity index is 5.41. The van der Waals surface area contributed by atoms with Gasteiger partial charge in [-0.2, -0.15) is 0 Å². The molecule has 19 heavy (non-hydrogen) atoms. The van der Waals surface area contributed by atoms with Gasteiger partial charge in [-0.05, 0) is 25.7 Å². The molecule has 4 heteroatoms. The average Bonchev–Trinajstić information content (AvgIpc) is 2.37. The Morgan fingerprint density at radius 1 is 1.11 bits per heavy atom. The summed E-state index contributed by atoms with van der Waals surface area (Å²) in [5.41, 5.74) is 4.26. The monoisotopic (exact) mass is 266 g/mol. The van der Waals surface area contributed by atoms with Crippen LogP contribution >= 0.6 is 0 Å². The predicted octanol–water partition coefficient (Wildman–Crippen LogP) is 2.26. The van der Waals surface area contributed by atoms with E-state index >= 15 is 0 Å². The number of nitrogens with two attached hydrogens (primary N) is 1. The summed E-state index contributed by atoms with van der Waals surface area (Å²) in [6.07, 6.45) is 5.34. The van der Waals surface area contributed by atoms with Gasteiger partial charge in [-0.1, -0.05) is 26.0 Å². The highest BCUT2D eigenvalue weighted by Crippen LogP contribution is 2.30. The van der Waals surface area contributed by atoms with Crippen LogP contribution < -0.4 is 5.73 Å². The van der Waals surface area contributed by atoms with E-state index in [1.807, 2.05) is 13.8 Å². The molecule has 108 valence electrons. The molecule has 0 aromatic carbocycles. The first-order valence-electron chi connectivity index (χ1n) is 6.81. The number of allylic oxidation sites excluding steroid dienone is 2. The number of amides is 2. The van der Waals surface area contributed by atoms with Crippen LogP contribution in [0.15, 0.2) is 25.3 Å². The van der Waals surface area contributed by atoms with Gasteiger partial charge in [-0.15, -0.1) is 13.2 Å². The summed E-state index contributed by atoms with van der Waals surface area (Å²) in [7, 11) is 0. The van der Waals surface area contributed by atoms with Crippen molar-refractivity contribution < 1.29 is 9.59 Å². The van der Waals surface area contributed by atoms with E-state index in [0.717, 1.165) is 12.8 Å². The Bertz CT molecular complexity index is 321. The maximum atomic E-state index is 12.7. The van der Waals surface area contributed by atoms with Crippen LogP contribution in [0.4, 0.5) is 0 Å². The van der Waals surface area contributed by atoms with E-state index in [2.05, 4.69) is 13.2 Å². The second-order valence-electron chi connectivity index (χ2n) is 4.72. The van der Waals surface area contributed by atoms with Gasteiger partial charge in [-0.3, -0.25) is 9.59 Å². The fourth-order valence-corrected chi connectivity index (χ4v) is 2.21. The SMILES string of the molecule is C=CCC(CC=C)(C(N)=O)C(=O)N(CCC)CCC. The fraction of sp³-hybridized carbons (Fsp3) is 0.600. The first-order chi connectivity index (χ1) is 8.99. The number of nitrogens with zero attached hydrogens (tertiary/aromatic N) is 1. The Kier molecular flexibility index (Phi) is 7.80. The van der Waals surface area contributed by atoms with E-state index in [-0.39, 0.29) is 18.7 Å². The van der Waals surface area contributed by atoms with Gasteiger partial charge in [0, 0.05) is 13.1 Å². The molecule has 0 bridgehead atoms. The van der Waals surface area contributed by atoms with Gasteiger partial charge < -0.3 is 10.6 Å². The van der Waals surface area contributed by atoms with Crippen LogP contribution in [0.1, 0.15) is 39.5 Å². The molecular weight excluding hydrogens is 240 g/mol. The van der Waals surface area contributed by atoms with Gasteiger partial charge in [0.05, 0.1) is 0 Å². The topological polar surface area (TPSA) is 63.4 Å². The number of hydrogen-bond donors (Lipinski definition) is 1. The van der Waals surface area contributed by atoms with Crippen molar-refractivity contribution in [3.05, 3.63) is 25.3 Å². The van der Waals surface area contributed by atoms with Gasteiger partial charge >= 0.3 is 0 Å². The normalized spacial score (nSPS) is 10.8. The lowest BCUT2D eigenvalue weighted by Crippen LogP contribution is -2.51. The maximum absolute atomic E-state index is 12.7. The van der Waals surface area contributed by atoms with Crippen molar-refractivity contribution in [1.29, 1.82) is 0 Å². The van der Waals surface area contributed by atoms with Crippen molar-refractivity contribution in [2.75, 3.05) is 13.1 Å². The molecule has 0 aromatic rings. The van der Waals surface area contributed by atoms with Gasteiger partial charge in [0.15, 0.2) is 0 Å². The van der Waals surface area contributed by atoms with Gasteiger partial charge in [0.2, 0.25) is 11.8 Å². The summed E-state index contributed by atoms with van der Waals surface area (Å²) in [5.74, 6) is -0.807. The zero-order chi connectivity index (χ0) is 14.9. The highest BCUT2D eigenvalue weighted by atomic mass is 16.2. The summed E-state index contributed by atoms with van der Waals surface area (Å²) in [6.45, 7) is 12.5. The van der Waals surface area contributed by atoms with Crippen molar-refractivity contribution >= 4 is 11.8 Å². The standard InChI is InChI=1S/C15H26N2O2/c1-5-9-15(10-6-2,13(16)18)14(19)17(11-7-3)12-8-4/h5-6H,1-2,7-12H2,3-4H3,(H2,16,18). The second-order valence-corrected chi connectivity index (χ2v) is 4.72. The molecular formula is C15H26N2O2. The second kappa shape index (κ2) is 8.51. The number of rotatable bonds is 10. The van der Waals surface area contributed by atoms with Crippen molar-refractivity contribution in [3.8, 4) is 0 Å². The van der Waals surface area contributed by atoms with E-state index in [9.17, 15) is 9.59 Å². The van der Waals surface area contributed by atoms with Crippen LogP contribution in [0.3, 0.4) is 0 Å². The summed E-state index contributed by atoms with van der Waals surface area (Å²) in [5, 5.41) is 0. The Morgan fingerprint density at radius 3 is 1.79 bits per heavy atom.